The van der Waals surface area contributed by atoms with Gasteiger partial charge < -0.3 is 14.4 Å². The first-order valence-corrected chi connectivity index (χ1v) is 11.5. The Hall–Kier alpha value is -2.97. The summed E-state index contributed by atoms with van der Waals surface area (Å²) in [5.41, 5.74) is 5.68. The standard InChI is InChI=1S/C25H30N4O4/c1-15-16(2)24(32-10-9-31-4)8-6-21(15)17(3)28-13-20-12-19(28)14-29(20)25(30)18-5-7-22-23(11-18)27-33-26-22/h5-8,11,17,19-20H,9-10,12-14H2,1-4H3/t17-,19-,20-/m0/s1. The van der Waals surface area contributed by atoms with Crippen molar-refractivity contribution in [1.29, 1.82) is 0 Å². The molecule has 3 heterocycles. The number of piperazine rings is 1. The summed E-state index contributed by atoms with van der Waals surface area (Å²) >= 11 is 0. The number of benzene rings is 2. The lowest BCUT2D eigenvalue weighted by atomic mass is 9.96. The van der Waals surface area contributed by atoms with Crippen molar-refractivity contribution in [3.63, 3.8) is 0 Å². The van der Waals surface area contributed by atoms with Gasteiger partial charge >= 0.3 is 0 Å². The highest BCUT2D eigenvalue weighted by Gasteiger charge is 2.47. The molecule has 2 aliphatic heterocycles. The summed E-state index contributed by atoms with van der Waals surface area (Å²) in [6, 6.07) is 10.5. The number of aromatic nitrogens is 2. The largest absolute Gasteiger partial charge is 0.491 e. The van der Waals surface area contributed by atoms with E-state index in [4.69, 9.17) is 14.1 Å². The zero-order valence-corrected chi connectivity index (χ0v) is 19.6. The summed E-state index contributed by atoms with van der Waals surface area (Å²) in [4.78, 5) is 17.8. The van der Waals surface area contributed by atoms with Crippen LogP contribution >= 0.6 is 0 Å². The first-order chi connectivity index (χ1) is 16.0. The van der Waals surface area contributed by atoms with Crippen molar-refractivity contribution in [1.82, 2.24) is 20.1 Å². The molecule has 8 heteroatoms. The molecule has 5 rings (SSSR count). The lowest BCUT2D eigenvalue weighted by molar-refractivity contribution is 0.0569. The van der Waals surface area contributed by atoms with Crippen LogP contribution < -0.4 is 4.74 Å². The number of methoxy groups -OCH3 is 1. The maximum atomic E-state index is 13.2. The number of likely N-dealkylation sites (tertiary alicyclic amines) is 2. The lowest BCUT2D eigenvalue weighted by Gasteiger charge is -2.38. The Morgan fingerprint density at radius 2 is 1.91 bits per heavy atom. The second-order valence-electron chi connectivity index (χ2n) is 9.09. The minimum atomic E-state index is 0.0595. The molecule has 2 aromatic carbocycles. The second-order valence-corrected chi connectivity index (χ2v) is 9.09. The van der Waals surface area contributed by atoms with E-state index in [0.29, 0.717) is 35.9 Å². The van der Waals surface area contributed by atoms with E-state index in [1.807, 2.05) is 11.0 Å². The lowest BCUT2D eigenvalue weighted by Crippen LogP contribution is -2.49. The number of fused-ring (bicyclic) bond motifs is 3. The molecule has 3 aromatic rings. The Bertz CT molecular complexity index is 1180. The first-order valence-electron chi connectivity index (χ1n) is 11.5. The summed E-state index contributed by atoms with van der Waals surface area (Å²) < 4.78 is 15.7. The zero-order valence-electron chi connectivity index (χ0n) is 19.6. The van der Waals surface area contributed by atoms with Gasteiger partial charge in [-0.25, -0.2) is 4.63 Å². The topological polar surface area (TPSA) is 80.9 Å². The van der Waals surface area contributed by atoms with Gasteiger partial charge in [-0.15, -0.1) is 0 Å². The van der Waals surface area contributed by atoms with Gasteiger partial charge in [0, 0.05) is 43.9 Å². The second kappa shape index (κ2) is 8.76. The molecule has 8 nitrogen and oxygen atoms in total. The fraction of sp³-hybridized carbons (Fsp3) is 0.480. The van der Waals surface area contributed by atoms with Crippen molar-refractivity contribution in [2.24, 2.45) is 0 Å². The number of hydrogen-bond donors (Lipinski definition) is 0. The molecule has 2 aliphatic rings. The third-order valence-corrected chi connectivity index (χ3v) is 7.32. The molecule has 33 heavy (non-hydrogen) atoms. The minimum Gasteiger partial charge on any atom is -0.491 e. The van der Waals surface area contributed by atoms with Gasteiger partial charge in [0.15, 0.2) is 0 Å². The molecule has 0 unspecified atom stereocenters. The van der Waals surface area contributed by atoms with E-state index >= 15 is 0 Å². The molecule has 2 bridgehead atoms. The van der Waals surface area contributed by atoms with Crippen molar-refractivity contribution in [2.45, 2.75) is 45.3 Å². The fourth-order valence-corrected chi connectivity index (χ4v) is 5.34. The van der Waals surface area contributed by atoms with Crippen LogP contribution in [0, 0.1) is 13.8 Å². The van der Waals surface area contributed by atoms with Crippen LogP contribution in [0.4, 0.5) is 0 Å². The van der Waals surface area contributed by atoms with Crippen molar-refractivity contribution in [3.05, 3.63) is 52.6 Å². The van der Waals surface area contributed by atoms with E-state index in [9.17, 15) is 4.79 Å². The van der Waals surface area contributed by atoms with Crippen molar-refractivity contribution in [2.75, 3.05) is 33.4 Å². The predicted molar refractivity (Wildman–Crippen MR) is 123 cm³/mol. The molecule has 0 radical (unpaired) electrons. The van der Waals surface area contributed by atoms with Crippen molar-refractivity contribution in [3.8, 4) is 5.75 Å². The highest BCUT2D eigenvalue weighted by Crippen LogP contribution is 2.39. The number of rotatable bonds is 7. The number of carbonyl (C=O) groups is 1. The summed E-state index contributed by atoms with van der Waals surface area (Å²) in [5.74, 6) is 0.976. The summed E-state index contributed by atoms with van der Waals surface area (Å²) in [7, 11) is 1.68. The summed E-state index contributed by atoms with van der Waals surface area (Å²) in [6.45, 7) is 9.31. The first kappa shape index (κ1) is 21.9. The predicted octanol–water partition coefficient (Wildman–Crippen LogP) is 3.52. The normalized spacial score (nSPS) is 21.2. The van der Waals surface area contributed by atoms with E-state index in [-0.39, 0.29) is 18.0 Å². The average molecular weight is 451 g/mol. The average Bonchev–Trinajstić information content (AvgIpc) is 3.56. The minimum absolute atomic E-state index is 0.0595. The third-order valence-electron chi connectivity index (χ3n) is 7.32. The van der Waals surface area contributed by atoms with E-state index in [2.05, 4.69) is 48.1 Å². The zero-order chi connectivity index (χ0) is 23.1. The molecular formula is C25H30N4O4. The Labute approximate surface area is 193 Å². The van der Waals surface area contributed by atoms with Gasteiger partial charge in [-0.1, -0.05) is 6.07 Å². The summed E-state index contributed by atoms with van der Waals surface area (Å²) in [5, 5.41) is 7.69. The number of ether oxygens (including phenoxy) is 2. The van der Waals surface area contributed by atoms with Crippen LogP contribution in [0.1, 0.15) is 46.4 Å². The Balaban J connectivity index is 1.28. The van der Waals surface area contributed by atoms with Gasteiger partial charge in [0.25, 0.3) is 5.91 Å². The molecule has 1 amide bonds. The molecule has 0 N–H and O–H groups in total. The molecular weight excluding hydrogens is 420 g/mol. The van der Waals surface area contributed by atoms with Gasteiger partial charge in [-0.05, 0) is 78.5 Å². The SMILES string of the molecule is COCCOc1ccc([C@H](C)N2C[C@@H]3C[C@H]2CN3C(=O)c2ccc3nonc3c2)c(C)c1C. The highest BCUT2D eigenvalue weighted by molar-refractivity contribution is 5.97. The number of nitrogens with zero attached hydrogens (tertiary/aromatic N) is 4. The van der Waals surface area contributed by atoms with Crippen LogP contribution in [0.15, 0.2) is 35.0 Å². The van der Waals surface area contributed by atoms with Crippen LogP contribution in [0.5, 0.6) is 5.75 Å². The third kappa shape index (κ3) is 3.87. The maximum Gasteiger partial charge on any atom is 0.254 e. The molecule has 2 fully saturated rings. The molecule has 1 aromatic heterocycles. The molecule has 0 saturated carbocycles. The van der Waals surface area contributed by atoms with Gasteiger partial charge in [-0.3, -0.25) is 9.69 Å². The van der Waals surface area contributed by atoms with Crippen molar-refractivity contribution >= 4 is 16.9 Å². The number of hydrogen-bond acceptors (Lipinski definition) is 7. The number of carbonyl (C=O) groups excluding carboxylic acids is 1. The molecule has 174 valence electrons. The molecule has 0 aliphatic carbocycles. The van der Waals surface area contributed by atoms with Gasteiger partial charge in [0.05, 0.1) is 6.61 Å². The van der Waals surface area contributed by atoms with E-state index in [1.165, 1.54) is 16.7 Å². The van der Waals surface area contributed by atoms with Crippen LogP contribution in [0.25, 0.3) is 11.0 Å². The Kier molecular flexibility index (Phi) is 5.80. The fourth-order valence-electron chi connectivity index (χ4n) is 5.34. The maximum absolute atomic E-state index is 13.2. The smallest absolute Gasteiger partial charge is 0.254 e. The Morgan fingerprint density at radius 1 is 1.09 bits per heavy atom. The van der Waals surface area contributed by atoms with Gasteiger partial charge in [-0.2, -0.15) is 0 Å². The van der Waals surface area contributed by atoms with Crippen LogP contribution in [-0.2, 0) is 4.74 Å². The number of amides is 1. The molecule has 0 spiro atoms. The molecule has 3 atom stereocenters. The highest BCUT2D eigenvalue weighted by atomic mass is 16.6. The molecule has 2 saturated heterocycles. The van der Waals surface area contributed by atoms with E-state index in [0.717, 1.165) is 25.3 Å². The van der Waals surface area contributed by atoms with Crippen molar-refractivity contribution < 1.29 is 18.9 Å². The van der Waals surface area contributed by atoms with Gasteiger partial charge in [0.2, 0.25) is 0 Å². The van der Waals surface area contributed by atoms with E-state index < -0.39 is 0 Å². The van der Waals surface area contributed by atoms with E-state index in [1.54, 1.807) is 19.2 Å². The summed E-state index contributed by atoms with van der Waals surface area (Å²) in [6.07, 6.45) is 1.01. The Morgan fingerprint density at radius 3 is 2.67 bits per heavy atom. The monoisotopic (exact) mass is 450 g/mol. The van der Waals surface area contributed by atoms with Crippen LogP contribution in [0.2, 0.25) is 0 Å². The van der Waals surface area contributed by atoms with Crippen LogP contribution in [-0.4, -0.2) is 71.5 Å². The van der Waals surface area contributed by atoms with Crippen LogP contribution in [0.3, 0.4) is 0 Å². The quantitative estimate of drug-likeness (QED) is 0.510. The van der Waals surface area contributed by atoms with Gasteiger partial charge in [0.1, 0.15) is 23.4 Å².